The third-order valence-corrected chi connectivity index (χ3v) is 1.66. The summed E-state index contributed by atoms with van der Waals surface area (Å²) in [5.74, 6) is 0. The number of hydrogen-bond acceptors (Lipinski definition) is 1. The van der Waals surface area contributed by atoms with Gasteiger partial charge >= 0.3 is 0 Å². The van der Waals surface area contributed by atoms with E-state index in [4.69, 9.17) is 5.41 Å². The van der Waals surface area contributed by atoms with Gasteiger partial charge in [-0.15, -0.1) is 0 Å². The fourth-order valence-electron chi connectivity index (χ4n) is 1.08. The van der Waals surface area contributed by atoms with E-state index in [1.165, 1.54) is 5.56 Å². The summed E-state index contributed by atoms with van der Waals surface area (Å²) in [6.07, 6.45) is 3.68. The zero-order valence-corrected chi connectivity index (χ0v) is 9.46. The molecule has 1 aromatic carbocycles. The van der Waals surface area contributed by atoms with Gasteiger partial charge in [0.15, 0.2) is 0 Å². The van der Waals surface area contributed by atoms with E-state index in [-0.39, 0.29) is 0 Å². The van der Waals surface area contributed by atoms with E-state index in [1.54, 1.807) is 6.08 Å². The van der Waals surface area contributed by atoms with Crippen molar-refractivity contribution in [2.45, 2.75) is 27.7 Å². The van der Waals surface area contributed by atoms with Gasteiger partial charge in [0.05, 0.1) is 5.71 Å². The lowest BCUT2D eigenvalue weighted by atomic mass is 10.1. The number of rotatable bonds is 2. The molecule has 0 heterocycles. The van der Waals surface area contributed by atoms with Gasteiger partial charge in [0.25, 0.3) is 0 Å². The van der Waals surface area contributed by atoms with Crippen LogP contribution in [0.5, 0.6) is 0 Å². The maximum Gasteiger partial charge on any atom is 0.0609 e. The van der Waals surface area contributed by atoms with Gasteiger partial charge in [-0.3, -0.25) is 0 Å². The van der Waals surface area contributed by atoms with Crippen LogP contribution in [0.15, 0.2) is 36.4 Å². The van der Waals surface area contributed by atoms with E-state index in [1.807, 2.05) is 58.0 Å². The number of hydrogen-bond donors (Lipinski definition) is 1. The highest BCUT2D eigenvalue weighted by Gasteiger charge is 1.95. The molecule has 1 N–H and O–H groups in total. The molecule has 1 nitrogen and oxygen atoms in total. The van der Waals surface area contributed by atoms with Crippen molar-refractivity contribution >= 4 is 5.71 Å². The molecule has 0 aliphatic heterocycles. The fraction of sp³-hybridized carbons (Fsp3) is 0.308. The number of aryl methyl sites for hydroxylation is 1. The number of nitrogens with one attached hydrogen (secondary N) is 1. The minimum absolute atomic E-state index is 0.571. The predicted molar refractivity (Wildman–Crippen MR) is 64.2 cm³/mol. The molecule has 0 unspecified atom stereocenters. The Kier molecular flexibility index (Phi) is 6.38. The Morgan fingerprint density at radius 1 is 1.29 bits per heavy atom. The minimum Gasteiger partial charge on any atom is -0.300 e. The molecule has 1 heteroatoms. The third-order valence-electron chi connectivity index (χ3n) is 1.66. The molecule has 0 fully saturated rings. The van der Waals surface area contributed by atoms with Crippen molar-refractivity contribution in [1.29, 1.82) is 5.41 Å². The van der Waals surface area contributed by atoms with Crippen LogP contribution in [0.1, 0.15) is 31.9 Å². The summed E-state index contributed by atoms with van der Waals surface area (Å²) < 4.78 is 0. The van der Waals surface area contributed by atoms with Gasteiger partial charge in [-0.05, 0) is 31.6 Å². The molecule has 0 atom stereocenters. The van der Waals surface area contributed by atoms with Gasteiger partial charge in [-0.1, -0.05) is 43.7 Å². The molecule has 0 spiro atoms. The van der Waals surface area contributed by atoms with Crippen LogP contribution in [0.3, 0.4) is 0 Å². The van der Waals surface area contributed by atoms with Crippen molar-refractivity contribution in [2.75, 3.05) is 0 Å². The average molecular weight is 189 g/mol. The summed E-state index contributed by atoms with van der Waals surface area (Å²) in [5.41, 5.74) is 2.75. The Morgan fingerprint density at radius 2 is 1.93 bits per heavy atom. The largest absolute Gasteiger partial charge is 0.300 e. The van der Waals surface area contributed by atoms with Gasteiger partial charge in [0.1, 0.15) is 0 Å². The second-order valence-electron chi connectivity index (χ2n) is 2.78. The van der Waals surface area contributed by atoms with Gasteiger partial charge in [-0.25, -0.2) is 0 Å². The van der Waals surface area contributed by atoms with E-state index in [0.717, 1.165) is 5.56 Å². The predicted octanol–water partition coefficient (Wildman–Crippen LogP) is 3.97. The molecule has 0 aliphatic rings. The van der Waals surface area contributed by atoms with Crippen LogP contribution in [0.25, 0.3) is 0 Å². The van der Waals surface area contributed by atoms with Gasteiger partial charge in [0, 0.05) is 0 Å². The van der Waals surface area contributed by atoms with Crippen LogP contribution in [0.4, 0.5) is 0 Å². The molecule has 0 saturated carbocycles. The quantitative estimate of drug-likeness (QED) is 0.681. The van der Waals surface area contributed by atoms with Crippen LogP contribution >= 0.6 is 0 Å². The first kappa shape index (κ1) is 12.6. The molecule has 0 amide bonds. The Bertz CT molecular complexity index is 311. The van der Waals surface area contributed by atoms with Crippen LogP contribution in [-0.2, 0) is 0 Å². The Balaban J connectivity index is 0.000000791. The molecule has 0 aromatic heterocycles. The minimum atomic E-state index is 0.571. The molecule has 76 valence electrons. The molecule has 1 rings (SSSR count). The second kappa shape index (κ2) is 7.07. The number of allylic oxidation sites excluding steroid dienone is 2. The summed E-state index contributed by atoms with van der Waals surface area (Å²) in [6, 6.07) is 7.98. The van der Waals surface area contributed by atoms with Crippen molar-refractivity contribution in [2.24, 2.45) is 0 Å². The lowest BCUT2D eigenvalue weighted by molar-refractivity contribution is 1.43. The summed E-state index contributed by atoms with van der Waals surface area (Å²) >= 11 is 0. The monoisotopic (exact) mass is 189 g/mol. The second-order valence-corrected chi connectivity index (χ2v) is 2.78. The lowest BCUT2D eigenvalue weighted by Crippen LogP contribution is -1.93. The Morgan fingerprint density at radius 3 is 2.43 bits per heavy atom. The van der Waals surface area contributed by atoms with Crippen LogP contribution in [0, 0.1) is 12.3 Å². The first-order chi connectivity index (χ1) is 6.74. The van der Waals surface area contributed by atoms with Gasteiger partial charge in [0.2, 0.25) is 0 Å². The maximum atomic E-state index is 7.64. The molecule has 0 aliphatic carbocycles. The van der Waals surface area contributed by atoms with Gasteiger partial charge in [-0.2, -0.15) is 0 Å². The highest BCUT2D eigenvalue weighted by Crippen LogP contribution is 2.05. The van der Waals surface area contributed by atoms with Crippen molar-refractivity contribution in [3.8, 4) is 0 Å². The molecule has 14 heavy (non-hydrogen) atoms. The van der Waals surface area contributed by atoms with Crippen molar-refractivity contribution in [3.63, 3.8) is 0 Å². The van der Waals surface area contributed by atoms with Crippen LogP contribution < -0.4 is 0 Å². The van der Waals surface area contributed by atoms with Gasteiger partial charge < -0.3 is 5.41 Å². The third kappa shape index (κ3) is 4.04. The first-order valence-electron chi connectivity index (χ1n) is 5.02. The summed E-state index contributed by atoms with van der Waals surface area (Å²) in [6.45, 7) is 7.96. The zero-order chi connectivity index (χ0) is 11.0. The summed E-state index contributed by atoms with van der Waals surface area (Å²) in [4.78, 5) is 0. The fourth-order valence-corrected chi connectivity index (χ4v) is 1.08. The molecule has 0 bridgehead atoms. The molecule has 0 radical (unpaired) electrons. The zero-order valence-electron chi connectivity index (χ0n) is 9.46. The Labute approximate surface area is 87.0 Å². The van der Waals surface area contributed by atoms with Crippen molar-refractivity contribution in [3.05, 3.63) is 47.5 Å². The Hall–Kier alpha value is -1.37. The smallest absolute Gasteiger partial charge is 0.0609 e. The molecule has 0 saturated heterocycles. The van der Waals surface area contributed by atoms with E-state index < -0.39 is 0 Å². The highest BCUT2D eigenvalue weighted by molar-refractivity contribution is 6.06. The maximum absolute atomic E-state index is 7.64. The standard InChI is InChI=1S/C11H13N.C2H6/c1-3-5-11(12)10-7-4-6-9(2)8-10;1-2/h3-8,12H,1-2H3;1-2H3/b5-3-,12-11?;. The SMILES string of the molecule is C/C=C\C(=N)c1cccc(C)c1.CC. The van der Waals surface area contributed by atoms with E-state index >= 15 is 0 Å². The highest BCUT2D eigenvalue weighted by atomic mass is 14.4. The molecular formula is C13H19N. The lowest BCUT2D eigenvalue weighted by Gasteiger charge is -1.98. The summed E-state index contributed by atoms with van der Waals surface area (Å²) in [5, 5.41) is 7.64. The van der Waals surface area contributed by atoms with Crippen molar-refractivity contribution < 1.29 is 0 Å². The van der Waals surface area contributed by atoms with Crippen LogP contribution in [-0.4, -0.2) is 5.71 Å². The number of benzene rings is 1. The average Bonchev–Trinajstić information content (AvgIpc) is 2.21. The van der Waals surface area contributed by atoms with E-state index in [2.05, 4.69) is 0 Å². The summed E-state index contributed by atoms with van der Waals surface area (Å²) in [7, 11) is 0. The molecule has 1 aromatic rings. The topological polar surface area (TPSA) is 23.9 Å². The molecular weight excluding hydrogens is 170 g/mol. The van der Waals surface area contributed by atoms with E-state index in [0.29, 0.717) is 5.71 Å². The van der Waals surface area contributed by atoms with Crippen molar-refractivity contribution in [1.82, 2.24) is 0 Å². The normalized spacial score (nSPS) is 9.43. The van der Waals surface area contributed by atoms with Crippen LogP contribution in [0.2, 0.25) is 0 Å². The first-order valence-corrected chi connectivity index (χ1v) is 5.02. The van der Waals surface area contributed by atoms with E-state index in [9.17, 15) is 0 Å².